The van der Waals surface area contributed by atoms with Crippen LogP contribution in [0, 0.1) is 0 Å². The molecule has 1 unspecified atom stereocenters. The van der Waals surface area contributed by atoms with Crippen molar-refractivity contribution < 1.29 is 19.1 Å². The van der Waals surface area contributed by atoms with Crippen molar-refractivity contribution in [3.63, 3.8) is 0 Å². The van der Waals surface area contributed by atoms with Gasteiger partial charge in [0.15, 0.2) is 0 Å². The normalized spacial score (nSPS) is 18.0. The van der Waals surface area contributed by atoms with Gasteiger partial charge in [-0.25, -0.2) is 4.79 Å². The summed E-state index contributed by atoms with van der Waals surface area (Å²) >= 11 is 0. The molecule has 2 rings (SSSR count). The Morgan fingerprint density at radius 3 is 2.78 bits per heavy atom. The number of carbonyl (C=O) groups excluding carboxylic acids is 2. The summed E-state index contributed by atoms with van der Waals surface area (Å²) in [5.41, 5.74) is 0.686. The number of likely N-dealkylation sites (N-methyl/N-ethyl adjacent to an activating group) is 1. The Morgan fingerprint density at radius 2 is 2.11 bits per heavy atom. The zero-order valence-corrected chi connectivity index (χ0v) is 10.4. The topological polar surface area (TPSA) is 55.8 Å². The molecule has 96 valence electrons. The molecule has 0 spiro atoms. The van der Waals surface area contributed by atoms with E-state index in [1.165, 1.54) is 4.90 Å². The average Bonchev–Trinajstić information content (AvgIpc) is 2.38. The lowest BCUT2D eigenvalue weighted by Crippen LogP contribution is -2.50. The van der Waals surface area contributed by atoms with E-state index < -0.39 is 12.1 Å². The summed E-state index contributed by atoms with van der Waals surface area (Å²) in [5, 5.41) is 0. The molecule has 1 aromatic rings. The summed E-state index contributed by atoms with van der Waals surface area (Å²) < 4.78 is 10.3. The van der Waals surface area contributed by atoms with Gasteiger partial charge in [-0.3, -0.25) is 4.79 Å². The molecule has 1 aliphatic rings. The van der Waals surface area contributed by atoms with Gasteiger partial charge in [0.2, 0.25) is 0 Å². The maximum Gasteiger partial charge on any atom is 0.357 e. The second-order valence-corrected chi connectivity index (χ2v) is 3.80. The smallest absolute Gasteiger partial charge is 0.357 e. The van der Waals surface area contributed by atoms with Crippen LogP contribution in [-0.2, 0) is 14.3 Å². The lowest BCUT2D eigenvalue weighted by Gasteiger charge is -2.32. The molecule has 0 aliphatic carbocycles. The summed E-state index contributed by atoms with van der Waals surface area (Å²) in [6.45, 7) is 4.24. The number of benzene rings is 1. The molecule has 0 saturated heterocycles. The van der Waals surface area contributed by atoms with Crippen molar-refractivity contribution in [3.8, 4) is 5.75 Å². The number of para-hydroxylation sites is 2. The third kappa shape index (κ3) is 2.03. The van der Waals surface area contributed by atoms with Gasteiger partial charge in [0, 0.05) is 6.54 Å². The Hall–Kier alpha value is -2.04. The van der Waals surface area contributed by atoms with E-state index in [2.05, 4.69) is 0 Å². The molecule has 0 bridgehead atoms. The van der Waals surface area contributed by atoms with Crippen LogP contribution in [0.15, 0.2) is 24.3 Å². The highest BCUT2D eigenvalue weighted by Crippen LogP contribution is 2.33. The highest BCUT2D eigenvalue weighted by atomic mass is 16.6. The van der Waals surface area contributed by atoms with E-state index >= 15 is 0 Å². The van der Waals surface area contributed by atoms with Crippen LogP contribution < -0.4 is 9.64 Å². The van der Waals surface area contributed by atoms with Crippen LogP contribution in [0.25, 0.3) is 0 Å². The van der Waals surface area contributed by atoms with Gasteiger partial charge in [0.25, 0.3) is 12.0 Å². The van der Waals surface area contributed by atoms with E-state index in [-0.39, 0.29) is 12.5 Å². The first kappa shape index (κ1) is 12.4. The van der Waals surface area contributed by atoms with Gasteiger partial charge in [-0.2, -0.15) is 0 Å². The molecule has 0 fully saturated rings. The second-order valence-electron chi connectivity index (χ2n) is 3.80. The summed E-state index contributed by atoms with van der Waals surface area (Å²) in [4.78, 5) is 25.3. The molecule has 18 heavy (non-hydrogen) atoms. The number of nitrogens with zero attached hydrogens (tertiary/aromatic N) is 1. The van der Waals surface area contributed by atoms with Gasteiger partial charge < -0.3 is 14.4 Å². The van der Waals surface area contributed by atoms with Crippen LogP contribution in [0.4, 0.5) is 5.69 Å². The van der Waals surface area contributed by atoms with Crippen LogP contribution in [0.2, 0.25) is 0 Å². The van der Waals surface area contributed by atoms with E-state index in [0.29, 0.717) is 18.0 Å². The third-order valence-electron chi connectivity index (χ3n) is 2.71. The molecule has 5 nitrogen and oxygen atoms in total. The maximum atomic E-state index is 12.1. The highest BCUT2D eigenvalue weighted by Gasteiger charge is 2.39. The Morgan fingerprint density at radius 1 is 1.39 bits per heavy atom. The van der Waals surface area contributed by atoms with Gasteiger partial charge in [0.05, 0.1) is 12.3 Å². The fraction of sp³-hybridized carbons (Fsp3) is 0.385. The van der Waals surface area contributed by atoms with Crippen LogP contribution in [-0.4, -0.2) is 31.1 Å². The van der Waals surface area contributed by atoms with Crippen molar-refractivity contribution in [1.82, 2.24) is 0 Å². The molecule has 0 N–H and O–H groups in total. The molecule has 1 aromatic carbocycles. The van der Waals surface area contributed by atoms with Crippen molar-refractivity contribution in [2.75, 3.05) is 18.1 Å². The minimum absolute atomic E-state index is 0.222. The summed E-state index contributed by atoms with van der Waals surface area (Å²) in [5.74, 6) is -0.498. The van der Waals surface area contributed by atoms with Crippen molar-refractivity contribution in [3.05, 3.63) is 24.3 Å². The van der Waals surface area contributed by atoms with Gasteiger partial charge in [-0.1, -0.05) is 12.1 Å². The molecule has 0 radical (unpaired) electrons. The Balaban J connectivity index is 2.34. The van der Waals surface area contributed by atoms with Crippen molar-refractivity contribution in [1.29, 1.82) is 0 Å². The molecule has 5 heteroatoms. The van der Waals surface area contributed by atoms with E-state index in [4.69, 9.17) is 9.47 Å². The van der Waals surface area contributed by atoms with Crippen LogP contribution >= 0.6 is 0 Å². The van der Waals surface area contributed by atoms with Crippen LogP contribution in [0.5, 0.6) is 5.75 Å². The van der Waals surface area contributed by atoms with Crippen molar-refractivity contribution in [2.45, 2.75) is 20.0 Å². The largest absolute Gasteiger partial charge is 0.466 e. The fourth-order valence-corrected chi connectivity index (χ4v) is 1.91. The molecular weight excluding hydrogens is 234 g/mol. The number of rotatable bonds is 3. The number of carbonyl (C=O) groups is 2. The quantitative estimate of drug-likeness (QED) is 0.599. The number of hydrogen-bond donors (Lipinski definition) is 0. The molecule has 0 aromatic heterocycles. The summed E-state index contributed by atoms with van der Waals surface area (Å²) in [6.07, 6.45) is -1.19. The predicted octanol–water partition coefficient (Wildman–Crippen LogP) is 1.36. The SMILES string of the molecule is CCOC(=O)C1Oc2ccccc2N(CC)C1=O. The Kier molecular flexibility index (Phi) is 3.50. The van der Waals surface area contributed by atoms with E-state index in [1.54, 1.807) is 25.1 Å². The lowest BCUT2D eigenvalue weighted by molar-refractivity contribution is -0.156. The van der Waals surface area contributed by atoms with Gasteiger partial charge in [-0.05, 0) is 26.0 Å². The molecule has 1 amide bonds. The molecule has 1 atom stereocenters. The number of esters is 1. The molecule has 1 aliphatic heterocycles. The number of fused-ring (bicyclic) bond motifs is 1. The van der Waals surface area contributed by atoms with E-state index in [0.717, 1.165) is 0 Å². The average molecular weight is 249 g/mol. The number of anilines is 1. The van der Waals surface area contributed by atoms with Crippen molar-refractivity contribution in [2.24, 2.45) is 0 Å². The highest BCUT2D eigenvalue weighted by molar-refractivity contribution is 6.11. The minimum Gasteiger partial charge on any atom is -0.466 e. The Labute approximate surface area is 105 Å². The van der Waals surface area contributed by atoms with Gasteiger partial charge in [0.1, 0.15) is 5.75 Å². The number of ether oxygens (including phenoxy) is 2. The van der Waals surface area contributed by atoms with Crippen molar-refractivity contribution >= 4 is 17.6 Å². The van der Waals surface area contributed by atoms with E-state index in [1.807, 2.05) is 13.0 Å². The summed E-state index contributed by atoms with van der Waals surface area (Å²) in [7, 11) is 0. The standard InChI is InChI=1S/C13H15NO4/c1-3-14-9-7-5-6-8-10(9)18-11(12(14)15)13(16)17-4-2/h5-8,11H,3-4H2,1-2H3. The fourth-order valence-electron chi connectivity index (χ4n) is 1.91. The maximum absolute atomic E-state index is 12.1. The second kappa shape index (κ2) is 5.08. The third-order valence-corrected chi connectivity index (χ3v) is 2.71. The first-order valence-corrected chi connectivity index (χ1v) is 5.92. The summed E-state index contributed by atoms with van der Waals surface area (Å²) in [6, 6.07) is 7.14. The van der Waals surface area contributed by atoms with Gasteiger partial charge in [-0.15, -0.1) is 0 Å². The van der Waals surface area contributed by atoms with Gasteiger partial charge >= 0.3 is 5.97 Å². The molecular formula is C13H15NO4. The van der Waals surface area contributed by atoms with E-state index in [9.17, 15) is 9.59 Å². The lowest BCUT2D eigenvalue weighted by atomic mass is 10.2. The Bertz CT molecular complexity index is 472. The minimum atomic E-state index is -1.19. The first-order valence-electron chi connectivity index (χ1n) is 5.92. The zero-order valence-electron chi connectivity index (χ0n) is 10.4. The van der Waals surface area contributed by atoms with Crippen LogP contribution in [0.1, 0.15) is 13.8 Å². The number of hydrogen-bond acceptors (Lipinski definition) is 4. The monoisotopic (exact) mass is 249 g/mol. The predicted molar refractivity (Wildman–Crippen MR) is 65.5 cm³/mol. The first-order chi connectivity index (χ1) is 8.69. The zero-order chi connectivity index (χ0) is 13.1. The number of amides is 1. The molecule has 0 saturated carbocycles. The van der Waals surface area contributed by atoms with Crippen LogP contribution in [0.3, 0.4) is 0 Å². The molecule has 1 heterocycles.